The summed E-state index contributed by atoms with van der Waals surface area (Å²) in [5.41, 5.74) is 0.744. The number of aliphatic hydroxyl groups is 1. The molecule has 1 unspecified atom stereocenters. The van der Waals surface area contributed by atoms with Crippen molar-refractivity contribution in [3.63, 3.8) is 0 Å². The van der Waals surface area contributed by atoms with Gasteiger partial charge < -0.3 is 9.84 Å². The van der Waals surface area contributed by atoms with Gasteiger partial charge in [-0.2, -0.15) is 0 Å². The fourth-order valence-corrected chi connectivity index (χ4v) is 1.08. The number of methoxy groups -OCH3 is 1. The number of carbonyl (C=O) groups excluding carboxylic acids is 1. The van der Waals surface area contributed by atoms with Crippen LogP contribution in [0, 0.1) is 0 Å². The maximum atomic E-state index is 11.0. The Morgan fingerprint density at radius 3 is 2.62 bits per heavy atom. The first-order chi connectivity index (χ1) is 6.17. The standard InChI is InChI=1S/C10H18O3/c1-4-6-7-8(5-2)9(11)10(12)13-3/h5,9,11H,4,6-7H2,1-3H3. The SMILES string of the molecule is CC=C(CCCC)C(O)C(=O)OC. The lowest BCUT2D eigenvalue weighted by Crippen LogP contribution is -2.24. The smallest absolute Gasteiger partial charge is 0.339 e. The van der Waals surface area contributed by atoms with E-state index in [4.69, 9.17) is 0 Å². The Kier molecular flexibility index (Phi) is 6.24. The summed E-state index contributed by atoms with van der Waals surface area (Å²) < 4.78 is 4.44. The minimum atomic E-state index is -1.08. The average molecular weight is 186 g/mol. The van der Waals surface area contributed by atoms with Crippen molar-refractivity contribution in [1.82, 2.24) is 0 Å². The highest BCUT2D eigenvalue weighted by molar-refractivity contribution is 5.77. The molecule has 13 heavy (non-hydrogen) atoms. The first-order valence-corrected chi connectivity index (χ1v) is 4.58. The van der Waals surface area contributed by atoms with E-state index in [9.17, 15) is 9.90 Å². The average Bonchev–Trinajstić information content (AvgIpc) is 2.17. The summed E-state index contributed by atoms with van der Waals surface area (Å²) in [4.78, 5) is 11.0. The number of hydrogen-bond acceptors (Lipinski definition) is 3. The second-order valence-corrected chi connectivity index (χ2v) is 2.89. The molecule has 0 spiro atoms. The molecule has 3 heteroatoms. The molecule has 0 aromatic heterocycles. The van der Waals surface area contributed by atoms with Crippen LogP contribution in [0.2, 0.25) is 0 Å². The van der Waals surface area contributed by atoms with Crippen molar-refractivity contribution in [2.24, 2.45) is 0 Å². The first kappa shape index (κ1) is 12.2. The quantitative estimate of drug-likeness (QED) is 0.524. The lowest BCUT2D eigenvalue weighted by molar-refractivity contribution is -0.148. The van der Waals surface area contributed by atoms with E-state index in [1.807, 2.05) is 6.92 Å². The van der Waals surface area contributed by atoms with Crippen molar-refractivity contribution in [2.75, 3.05) is 7.11 Å². The number of unbranched alkanes of at least 4 members (excludes halogenated alkanes) is 1. The summed E-state index contributed by atoms with van der Waals surface area (Å²) in [5, 5.41) is 9.46. The largest absolute Gasteiger partial charge is 0.467 e. The summed E-state index contributed by atoms with van der Waals surface area (Å²) >= 11 is 0. The molecule has 0 aliphatic heterocycles. The zero-order valence-electron chi connectivity index (χ0n) is 8.54. The highest BCUT2D eigenvalue weighted by Gasteiger charge is 2.18. The summed E-state index contributed by atoms with van der Waals surface area (Å²) in [7, 11) is 1.28. The van der Waals surface area contributed by atoms with Gasteiger partial charge in [-0.3, -0.25) is 0 Å². The fraction of sp³-hybridized carbons (Fsp3) is 0.700. The minimum Gasteiger partial charge on any atom is -0.467 e. The number of carbonyl (C=O) groups is 1. The molecule has 0 radical (unpaired) electrons. The third kappa shape index (κ3) is 4.08. The molecule has 0 aliphatic rings. The highest BCUT2D eigenvalue weighted by atomic mass is 16.5. The van der Waals surface area contributed by atoms with Crippen molar-refractivity contribution in [3.8, 4) is 0 Å². The van der Waals surface area contributed by atoms with Gasteiger partial charge >= 0.3 is 5.97 Å². The molecule has 0 aromatic rings. The molecule has 0 heterocycles. The van der Waals surface area contributed by atoms with Gasteiger partial charge in [0.2, 0.25) is 0 Å². The van der Waals surface area contributed by atoms with E-state index in [1.54, 1.807) is 6.08 Å². The van der Waals surface area contributed by atoms with Gasteiger partial charge in [0.05, 0.1) is 7.11 Å². The predicted molar refractivity (Wildman–Crippen MR) is 51.3 cm³/mol. The Bertz CT molecular complexity index is 185. The Labute approximate surface area is 79.4 Å². The van der Waals surface area contributed by atoms with Crippen molar-refractivity contribution in [3.05, 3.63) is 11.6 Å². The van der Waals surface area contributed by atoms with Crippen LogP contribution in [-0.4, -0.2) is 24.3 Å². The number of ether oxygens (including phenoxy) is 1. The minimum absolute atomic E-state index is 0.579. The zero-order chi connectivity index (χ0) is 10.3. The van der Waals surface area contributed by atoms with Crippen LogP contribution in [0.1, 0.15) is 33.1 Å². The molecule has 3 nitrogen and oxygen atoms in total. The molecular formula is C10H18O3. The van der Waals surface area contributed by atoms with Crippen LogP contribution in [-0.2, 0) is 9.53 Å². The van der Waals surface area contributed by atoms with Gasteiger partial charge in [0.25, 0.3) is 0 Å². The molecule has 0 rings (SSSR count). The molecule has 0 bridgehead atoms. The Balaban J connectivity index is 4.16. The van der Waals surface area contributed by atoms with E-state index in [1.165, 1.54) is 7.11 Å². The van der Waals surface area contributed by atoms with Gasteiger partial charge in [-0.15, -0.1) is 0 Å². The summed E-state index contributed by atoms with van der Waals surface area (Å²) in [6, 6.07) is 0. The van der Waals surface area contributed by atoms with Gasteiger partial charge in [0.1, 0.15) is 0 Å². The van der Waals surface area contributed by atoms with Gasteiger partial charge in [0.15, 0.2) is 6.10 Å². The Morgan fingerprint density at radius 2 is 2.23 bits per heavy atom. The molecule has 1 atom stereocenters. The van der Waals surface area contributed by atoms with E-state index in [-0.39, 0.29) is 0 Å². The molecule has 0 saturated carbocycles. The molecular weight excluding hydrogens is 168 g/mol. The van der Waals surface area contributed by atoms with Crippen LogP contribution in [0.25, 0.3) is 0 Å². The van der Waals surface area contributed by atoms with E-state index in [2.05, 4.69) is 11.7 Å². The highest BCUT2D eigenvalue weighted by Crippen LogP contribution is 2.12. The lowest BCUT2D eigenvalue weighted by atomic mass is 10.0. The summed E-state index contributed by atoms with van der Waals surface area (Å²) in [6.07, 6.45) is 3.47. The summed E-state index contributed by atoms with van der Waals surface area (Å²) in [6.45, 7) is 3.88. The van der Waals surface area contributed by atoms with Crippen LogP contribution in [0.5, 0.6) is 0 Å². The normalized spacial score (nSPS) is 14.0. The van der Waals surface area contributed by atoms with Crippen molar-refractivity contribution in [1.29, 1.82) is 0 Å². The van der Waals surface area contributed by atoms with E-state index < -0.39 is 12.1 Å². The van der Waals surface area contributed by atoms with Crippen molar-refractivity contribution < 1.29 is 14.6 Å². The van der Waals surface area contributed by atoms with E-state index in [0.29, 0.717) is 0 Å². The van der Waals surface area contributed by atoms with E-state index >= 15 is 0 Å². The van der Waals surface area contributed by atoms with Crippen molar-refractivity contribution in [2.45, 2.75) is 39.2 Å². The van der Waals surface area contributed by atoms with Crippen LogP contribution in [0.15, 0.2) is 11.6 Å². The number of rotatable bonds is 5. The number of esters is 1. The van der Waals surface area contributed by atoms with Crippen LogP contribution >= 0.6 is 0 Å². The second-order valence-electron chi connectivity index (χ2n) is 2.89. The van der Waals surface area contributed by atoms with Crippen LogP contribution < -0.4 is 0 Å². The molecule has 0 amide bonds. The van der Waals surface area contributed by atoms with Crippen LogP contribution in [0.4, 0.5) is 0 Å². The molecule has 0 aromatic carbocycles. The molecule has 0 aliphatic carbocycles. The van der Waals surface area contributed by atoms with Gasteiger partial charge in [0, 0.05) is 0 Å². The monoisotopic (exact) mass is 186 g/mol. The lowest BCUT2D eigenvalue weighted by Gasteiger charge is -2.11. The number of aliphatic hydroxyl groups excluding tert-OH is 1. The predicted octanol–water partition coefficient (Wildman–Crippen LogP) is 1.66. The number of hydrogen-bond donors (Lipinski definition) is 1. The second kappa shape index (κ2) is 6.66. The third-order valence-electron chi connectivity index (χ3n) is 1.97. The third-order valence-corrected chi connectivity index (χ3v) is 1.97. The summed E-state index contributed by atoms with van der Waals surface area (Å²) in [5.74, 6) is -0.579. The van der Waals surface area contributed by atoms with Gasteiger partial charge in [-0.25, -0.2) is 4.79 Å². The zero-order valence-corrected chi connectivity index (χ0v) is 8.54. The molecule has 1 N–H and O–H groups in total. The van der Waals surface area contributed by atoms with Crippen LogP contribution in [0.3, 0.4) is 0 Å². The van der Waals surface area contributed by atoms with Gasteiger partial charge in [-0.1, -0.05) is 19.4 Å². The van der Waals surface area contributed by atoms with Crippen molar-refractivity contribution >= 4 is 5.97 Å². The molecule has 0 fully saturated rings. The van der Waals surface area contributed by atoms with Gasteiger partial charge in [-0.05, 0) is 25.3 Å². The topological polar surface area (TPSA) is 46.5 Å². The Morgan fingerprint density at radius 1 is 1.62 bits per heavy atom. The Hall–Kier alpha value is -0.830. The fourth-order valence-electron chi connectivity index (χ4n) is 1.08. The molecule has 0 saturated heterocycles. The maximum Gasteiger partial charge on any atom is 0.339 e. The maximum absolute atomic E-state index is 11.0. The molecule has 76 valence electrons. The number of allylic oxidation sites excluding steroid dienone is 1. The first-order valence-electron chi connectivity index (χ1n) is 4.58. The van der Waals surface area contributed by atoms with E-state index in [0.717, 1.165) is 24.8 Å².